The summed E-state index contributed by atoms with van der Waals surface area (Å²) < 4.78 is 6.22. The average Bonchev–Trinajstić information content (AvgIpc) is 3.66. The molecule has 0 unspecified atom stereocenters. The molecule has 204 valence electrons. The van der Waals surface area contributed by atoms with Crippen molar-refractivity contribution in [3.05, 3.63) is 89.1 Å². The number of carbonyl (C=O) groups excluding carboxylic acids is 2. The van der Waals surface area contributed by atoms with Gasteiger partial charge in [0.05, 0.1) is 24.5 Å². The van der Waals surface area contributed by atoms with E-state index in [0.29, 0.717) is 34.2 Å². The van der Waals surface area contributed by atoms with Crippen LogP contribution in [0.5, 0.6) is 0 Å². The van der Waals surface area contributed by atoms with Gasteiger partial charge in [-0.05, 0) is 78.1 Å². The van der Waals surface area contributed by atoms with E-state index in [9.17, 15) is 9.59 Å². The second kappa shape index (κ2) is 12.4. The van der Waals surface area contributed by atoms with Gasteiger partial charge in [-0.15, -0.1) is 5.10 Å². The fourth-order valence-corrected chi connectivity index (χ4v) is 4.65. The third-order valence-corrected chi connectivity index (χ3v) is 6.65. The van der Waals surface area contributed by atoms with Crippen molar-refractivity contribution in [1.82, 2.24) is 35.5 Å². The number of fused-ring (bicyclic) bond motifs is 4. The number of nitrogens with zero attached hydrogens (tertiary/aromatic N) is 5. The number of rotatable bonds is 5. The van der Waals surface area contributed by atoms with Crippen molar-refractivity contribution < 1.29 is 14.3 Å². The summed E-state index contributed by atoms with van der Waals surface area (Å²) in [6.07, 6.45) is 13.3. The standard InChI is InChI=1S/C28H27ClN8O3/c1-40-28(39)32-21-10-11-22-18(15-21)6-4-2-3-5-7-23(27-30-16-24(22)34-27)33-26(38)13-8-19-14-20(29)9-12-25(19)37-17-31-35-36-37/h3,5,8-17,23H,2,4,6-7H2,1H3,(H,30,34)(H,32,39)(H,33,38)/b5-3+,13-8+/t23-/m0/s1. The van der Waals surface area contributed by atoms with Gasteiger partial charge in [0.1, 0.15) is 12.2 Å². The molecular formula is C28H27ClN8O3. The summed E-state index contributed by atoms with van der Waals surface area (Å²) in [7, 11) is 1.33. The highest BCUT2D eigenvalue weighted by Crippen LogP contribution is 2.29. The van der Waals surface area contributed by atoms with E-state index in [1.54, 1.807) is 24.3 Å². The van der Waals surface area contributed by atoms with Gasteiger partial charge >= 0.3 is 6.09 Å². The number of hydrogen-bond acceptors (Lipinski definition) is 7. The molecule has 2 aromatic carbocycles. The Labute approximate surface area is 235 Å². The van der Waals surface area contributed by atoms with Crippen LogP contribution in [0.2, 0.25) is 5.02 Å². The summed E-state index contributed by atoms with van der Waals surface area (Å²) in [4.78, 5) is 32.8. The highest BCUT2D eigenvalue weighted by atomic mass is 35.5. The van der Waals surface area contributed by atoms with Gasteiger partial charge in [-0.25, -0.2) is 9.78 Å². The number of tetrazole rings is 1. The van der Waals surface area contributed by atoms with Crippen LogP contribution in [-0.2, 0) is 16.0 Å². The molecule has 3 N–H and O–H groups in total. The molecule has 0 saturated heterocycles. The Kier molecular flexibility index (Phi) is 8.31. The normalized spacial score (nSPS) is 15.9. The van der Waals surface area contributed by atoms with Crippen LogP contribution in [0.15, 0.2) is 67.2 Å². The predicted molar refractivity (Wildman–Crippen MR) is 151 cm³/mol. The number of anilines is 1. The highest BCUT2D eigenvalue weighted by molar-refractivity contribution is 6.30. The number of aromatic amines is 1. The quantitative estimate of drug-likeness (QED) is 0.230. The molecule has 11 nitrogen and oxygen atoms in total. The van der Waals surface area contributed by atoms with Crippen LogP contribution in [0.3, 0.4) is 0 Å². The number of allylic oxidation sites excluding steroid dienone is 1. The van der Waals surface area contributed by atoms with E-state index in [1.165, 1.54) is 24.2 Å². The fourth-order valence-electron chi connectivity index (χ4n) is 4.47. The van der Waals surface area contributed by atoms with Crippen molar-refractivity contribution in [1.29, 1.82) is 0 Å². The van der Waals surface area contributed by atoms with Crippen LogP contribution in [0.1, 0.15) is 42.3 Å². The number of methoxy groups -OCH3 is 1. The van der Waals surface area contributed by atoms with Gasteiger partial charge < -0.3 is 15.0 Å². The van der Waals surface area contributed by atoms with E-state index < -0.39 is 6.09 Å². The van der Waals surface area contributed by atoms with E-state index in [1.807, 2.05) is 24.4 Å². The number of benzene rings is 2. The average molecular weight is 559 g/mol. The minimum absolute atomic E-state index is 0.287. The summed E-state index contributed by atoms with van der Waals surface area (Å²) >= 11 is 6.20. The van der Waals surface area contributed by atoms with Crippen molar-refractivity contribution in [3.8, 4) is 16.9 Å². The maximum absolute atomic E-state index is 13.0. The van der Waals surface area contributed by atoms with Crippen LogP contribution in [0, 0.1) is 0 Å². The van der Waals surface area contributed by atoms with Crippen molar-refractivity contribution in [2.24, 2.45) is 0 Å². The number of ether oxygens (including phenoxy) is 1. The Bertz CT molecular complexity index is 1560. The molecule has 1 aliphatic rings. The topological polar surface area (TPSA) is 140 Å². The number of halogens is 1. The van der Waals surface area contributed by atoms with Crippen molar-refractivity contribution in [3.63, 3.8) is 0 Å². The number of H-pyrrole nitrogens is 1. The summed E-state index contributed by atoms with van der Waals surface area (Å²) in [5.74, 6) is 0.354. The zero-order chi connectivity index (χ0) is 27.9. The molecule has 1 aliphatic heterocycles. The van der Waals surface area contributed by atoms with Gasteiger partial charge in [0.25, 0.3) is 0 Å². The zero-order valence-electron chi connectivity index (χ0n) is 21.7. The number of hydrogen-bond donors (Lipinski definition) is 3. The summed E-state index contributed by atoms with van der Waals surface area (Å²) in [6, 6.07) is 10.6. The molecule has 0 fully saturated rings. The number of nitrogens with one attached hydrogen (secondary N) is 3. The van der Waals surface area contributed by atoms with E-state index in [2.05, 4.69) is 43.3 Å². The van der Waals surface area contributed by atoms with Crippen LogP contribution < -0.4 is 10.6 Å². The smallest absolute Gasteiger partial charge is 0.411 e. The molecule has 40 heavy (non-hydrogen) atoms. The van der Waals surface area contributed by atoms with Gasteiger partial charge in [0.15, 0.2) is 0 Å². The van der Waals surface area contributed by atoms with Crippen LogP contribution in [-0.4, -0.2) is 49.3 Å². The van der Waals surface area contributed by atoms with Gasteiger partial charge in [-0.3, -0.25) is 10.1 Å². The zero-order valence-corrected chi connectivity index (χ0v) is 22.4. The Morgan fingerprint density at radius 1 is 1.20 bits per heavy atom. The van der Waals surface area contributed by atoms with Crippen molar-refractivity contribution >= 4 is 35.4 Å². The molecule has 2 amide bonds. The lowest BCUT2D eigenvalue weighted by atomic mass is 9.98. The molecule has 2 bridgehead atoms. The Balaban J connectivity index is 1.37. The minimum Gasteiger partial charge on any atom is -0.453 e. The van der Waals surface area contributed by atoms with Crippen LogP contribution in [0.25, 0.3) is 23.0 Å². The van der Waals surface area contributed by atoms with Gasteiger partial charge in [0.2, 0.25) is 5.91 Å². The van der Waals surface area contributed by atoms with Gasteiger partial charge in [0, 0.05) is 34.1 Å². The van der Waals surface area contributed by atoms with Crippen molar-refractivity contribution in [2.45, 2.75) is 31.7 Å². The third-order valence-electron chi connectivity index (χ3n) is 6.41. The summed E-state index contributed by atoms with van der Waals surface area (Å²) in [5.41, 5.74) is 4.81. The second-order valence-corrected chi connectivity index (χ2v) is 9.55. The Morgan fingerprint density at radius 2 is 2.10 bits per heavy atom. The molecular weight excluding hydrogens is 532 g/mol. The SMILES string of the molecule is COC(=O)Nc1ccc2c(c1)CCC/C=C/C[C@H](NC(=O)/C=C/c1cc(Cl)ccc1-n1cnnn1)c1nc-2c[nH]1. The molecule has 4 aromatic rings. The second-order valence-electron chi connectivity index (χ2n) is 9.11. The largest absolute Gasteiger partial charge is 0.453 e. The van der Waals surface area contributed by atoms with Gasteiger partial charge in [-0.1, -0.05) is 29.8 Å². The molecule has 0 radical (unpaired) electrons. The minimum atomic E-state index is -0.521. The molecule has 0 saturated carbocycles. The maximum Gasteiger partial charge on any atom is 0.411 e. The van der Waals surface area contributed by atoms with E-state index in [0.717, 1.165) is 36.1 Å². The Hall–Kier alpha value is -4.77. The first-order valence-electron chi connectivity index (χ1n) is 12.7. The lowest BCUT2D eigenvalue weighted by Gasteiger charge is -2.15. The highest BCUT2D eigenvalue weighted by Gasteiger charge is 2.19. The Morgan fingerprint density at radius 3 is 2.92 bits per heavy atom. The number of imidazole rings is 1. The first-order chi connectivity index (χ1) is 19.5. The van der Waals surface area contributed by atoms with E-state index >= 15 is 0 Å². The third kappa shape index (κ3) is 6.44. The van der Waals surface area contributed by atoms with Crippen LogP contribution in [0.4, 0.5) is 10.5 Å². The predicted octanol–water partition coefficient (Wildman–Crippen LogP) is 5.04. The monoisotopic (exact) mass is 558 g/mol. The molecule has 12 heteroatoms. The van der Waals surface area contributed by atoms with E-state index in [-0.39, 0.29) is 11.9 Å². The van der Waals surface area contributed by atoms with Crippen LogP contribution >= 0.6 is 11.6 Å². The van der Waals surface area contributed by atoms with E-state index in [4.69, 9.17) is 21.3 Å². The maximum atomic E-state index is 13.0. The molecule has 2 aromatic heterocycles. The molecule has 3 heterocycles. The fraction of sp³-hybridized carbons (Fsp3) is 0.214. The summed E-state index contributed by atoms with van der Waals surface area (Å²) in [5, 5.41) is 17.6. The number of aromatic nitrogens is 6. The van der Waals surface area contributed by atoms with Crippen molar-refractivity contribution in [2.75, 3.05) is 12.4 Å². The number of aryl methyl sites for hydroxylation is 1. The lowest BCUT2D eigenvalue weighted by Crippen LogP contribution is -2.27. The molecule has 0 spiro atoms. The lowest BCUT2D eigenvalue weighted by molar-refractivity contribution is -0.117. The van der Waals surface area contributed by atoms with Gasteiger partial charge in [-0.2, -0.15) is 4.68 Å². The molecule has 5 rings (SSSR count). The first kappa shape index (κ1) is 26.8. The first-order valence-corrected chi connectivity index (χ1v) is 13.1. The number of amides is 2. The molecule has 1 atom stereocenters. The number of carbonyl (C=O) groups is 2. The summed E-state index contributed by atoms with van der Waals surface area (Å²) in [6.45, 7) is 0. The molecule has 0 aliphatic carbocycles.